The van der Waals surface area contributed by atoms with E-state index in [0.29, 0.717) is 6.54 Å². The Labute approximate surface area is 164 Å². The third-order valence-corrected chi connectivity index (χ3v) is 7.24. The molecule has 0 radical (unpaired) electrons. The van der Waals surface area contributed by atoms with Gasteiger partial charge in [0, 0.05) is 51.0 Å². The van der Waals surface area contributed by atoms with E-state index in [1.807, 2.05) is 18.7 Å². The van der Waals surface area contributed by atoms with Gasteiger partial charge in [0.15, 0.2) is 0 Å². The molecule has 0 aromatic carbocycles. The Morgan fingerprint density at radius 1 is 1.15 bits per heavy atom. The summed E-state index contributed by atoms with van der Waals surface area (Å²) in [4.78, 5) is 4.80. The van der Waals surface area contributed by atoms with Crippen LogP contribution in [0.1, 0.15) is 43.4 Å². The van der Waals surface area contributed by atoms with Crippen LogP contribution in [0.25, 0.3) is 0 Å². The van der Waals surface area contributed by atoms with Gasteiger partial charge in [-0.3, -0.25) is 9.58 Å². The minimum atomic E-state index is -3.20. The molecule has 1 atom stereocenters. The highest BCUT2D eigenvalue weighted by Crippen LogP contribution is 2.21. The molecule has 0 saturated carbocycles. The van der Waals surface area contributed by atoms with Gasteiger partial charge in [0.05, 0.1) is 11.9 Å². The molecule has 1 unspecified atom stereocenters. The van der Waals surface area contributed by atoms with Crippen molar-refractivity contribution in [1.29, 1.82) is 0 Å². The second kappa shape index (κ2) is 9.03. The smallest absolute Gasteiger partial charge is 0.211 e. The molecule has 0 N–H and O–H groups in total. The maximum atomic E-state index is 12.5. The van der Waals surface area contributed by atoms with Gasteiger partial charge in [0.2, 0.25) is 10.0 Å². The van der Waals surface area contributed by atoms with E-state index >= 15 is 0 Å². The van der Waals surface area contributed by atoms with Crippen molar-refractivity contribution in [1.82, 2.24) is 23.9 Å². The zero-order valence-electron chi connectivity index (χ0n) is 17.1. The predicted octanol–water partition coefficient (Wildman–Crippen LogP) is 1.44. The molecule has 27 heavy (non-hydrogen) atoms. The number of hydrogen-bond acceptors (Lipinski definition) is 5. The minimum Gasteiger partial charge on any atom is -0.302 e. The summed E-state index contributed by atoms with van der Waals surface area (Å²) < 4.78 is 28.6. The third kappa shape index (κ3) is 5.76. The highest BCUT2D eigenvalue weighted by atomic mass is 32.2. The number of nitrogens with zero attached hydrogens (tertiary/aromatic N) is 5. The van der Waals surface area contributed by atoms with Gasteiger partial charge in [-0.05, 0) is 52.2 Å². The van der Waals surface area contributed by atoms with Gasteiger partial charge in [0.25, 0.3) is 0 Å². The van der Waals surface area contributed by atoms with Crippen molar-refractivity contribution in [2.24, 2.45) is 7.05 Å². The molecular weight excluding hydrogens is 362 g/mol. The molecule has 0 spiro atoms. The Morgan fingerprint density at radius 3 is 2.48 bits per heavy atom. The quantitative estimate of drug-likeness (QED) is 0.697. The number of aryl methyl sites for hydroxylation is 2. The maximum Gasteiger partial charge on any atom is 0.211 e. The SMILES string of the molecule is Cc1nn(C)cc1CN1CCCC(N(CCN2CCCCC2)S(C)(=O)=O)C1. The first-order valence-corrected chi connectivity index (χ1v) is 12.1. The fourth-order valence-corrected chi connectivity index (χ4v) is 5.62. The van der Waals surface area contributed by atoms with Gasteiger partial charge in [-0.1, -0.05) is 6.42 Å². The molecule has 2 fully saturated rings. The fourth-order valence-electron chi connectivity index (χ4n) is 4.50. The van der Waals surface area contributed by atoms with Gasteiger partial charge < -0.3 is 4.90 Å². The molecule has 3 rings (SSSR count). The Morgan fingerprint density at radius 2 is 1.85 bits per heavy atom. The maximum absolute atomic E-state index is 12.5. The molecule has 0 amide bonds. The van der Waals surface area contributed by atoms with Crippen LogP contribution in [0.5, 0.6) is 0 Å². The van der Waals surface area contributed by atoms with Crippen LogP contribution in [0.3, 0.4) is 0 Å². The largest absolute Gasteiger partial charge is 0.302 e. The number of likely N-dealkylation sites (tertiary alicyclic amines) is 2. The van der Waals surface area contributed by atoms with E-state index in [2.05, 4.69) is 21.1 Å². The number of aromatic nitrogens is 2. The van der Waals surface area contributed by atoms with Crippen molar-refractivity contribution in [3.8, 4) is 0 Å². The number of piperidine rings is 2. The Balaban J connectivity index is 1.62. The van der Waals surface area contributed by atoms with Crippen LogP contribution in [0, 0.1) is 6.92 Å². The molecule has 2 aliphatic heterocycles. The average Bonchev–Trinajstić information content (AvgIpc) is 2.92. The number of rotatable bonds is 7. The van der Waals surface area contributed by atoms with E-state index in [1.165, 1.54) is 31.1 Å². The van der Waals surface area contributed by atoms with Crippen molar-refractivity contribution >= 4 is 10.0 Å². The zero-order valence-corrected chi connectivity index (χ0v) is 17.9. The van der Waals surface area contributed by atoms with Crippen molar-refractivity contribution in [2.75, 3.05) is 45.5 Å². The summed E-state index contributed by atoms with van der Waals surface area (Å²) >= 11 is 0. The predicted molar refractivity (Wildman–Crippen MR) is 108 cm³/mol. The Bertz CT molecular complexity index is 712. The summed E-state index contributed by atoms with van der Waals surface area (Å²) in [5.74, 6) is 0. The average molecular weight is 398 g/mol. The van der Waals surface area contributed by atoms with Crippen LogP contribution >= 0.6 is 0 Å². The summed E-state index contributed by atoms with van der Waals surface area (Å²) in [6.45, 7) is 8.39. The molecule has 1 aromatic heterocycles. The zero-order chi connectivity index (χ0) is 19.4. The van der Waals surface area contributed by atoms with Crippen molar-refractivity contribution in [3.05, 3.63) is 17.5 Å². The van der Waals surface area contributed by atoms with Crippen LogP contribution in [-0.4, -0.2) is 83.9 Å². The number of hydrogen-bond donors (Lipinski definition) is 0. The van der Waals surface area contributed by atoms with Gasteiger partial charge >= 0.3 is 0 Å². The summed E-state index contributed by atoms with van der Waals surface area (Å²) in [5.41, 5.74) is 2.29. The van der Waals surface area contributed by atoms with Gasteiger partial charge in [-0.2, -0.15) is 9.40 Å². The third-order valence-electron chi connectivity index (χ3n) is 5.91. The summed E-state index contributed by atoms with van der Waals surface area (Å²) in [7, 11) is -1.26. The first kappa shape index (κ1) is 20.8. The van der Waals surface area contributed by atoms with E-state index in [0.717, 1.165) is 57.8 Å². The van der Waals surface area contributed by atoms with E-state index in [1.54, 1.807) is 4.31 Å². The van der Waals surface area contributed by atoms with Crippen LogP contribution < -0.4 is 0 Å². The number of sulfonamides is 1. The normalized spacial score (nSPS) is 23.2. The van der Waals surface area contributed by atoms with Crippen molar-refractivity contribution < 1.29 is 8.42 Å². The molecule has 8 heteroatoms. The summed E-state index contributed by atoms with van der Waals surface area (Å²) in [6, 6.07) is 0.0792. The van der Waals surface area contributed by atoms with Crippen LogP contribution in [0.2, 0.25) is 0 Å². The molecule has 0 bridgehead atoms. The lowest BCUT2D eigenvalue weighted by Crippen LogP contribution is -2.51. The standard InChI is InChI=1S/C19H35N5O2S/c1-17-18(14-21(2)20-17)15-23-11-7-8-19(16-23)24(27(3,25)26)13-12-22-9-5-4-6-10-22/h14,19H,4-13,15-16H2,1-3H3. The Kier molecular flexibility index (Phi) is 6.94. The second-order valence-corrected chi connectivity index (χ2v) is 10.2. The first-order chi connectivity index (χ1) is 12.8. The van der Waals surface area contributed by atoms with Gasteiger partial charge in [-0.25, -0.2) is 8.42 Å². The van der Waals surface area contributed by atoms with E-state index in [4.69, 9.17) is 0 Å². The second-order valence-electron chi connectivity index (χ2n) is 8.22. The molecule has 0 aliphatic carbocycles. The van der Waals surface area contributed by atoms with Crippen molar-refractivity contribution in [3.63, 3.8) is 0 Å². The topological polar surface area (TPSA) is 61.7 Å². The summed E-state index contributed by atoms with van der Waals surface area (Å²) in [5, 5.41) is 4.43. The van der Waals surface area contributed by atoms with Gasteiger partial charge in [-0.15, -0.1) is 0 Å². The molecular formula is C19H35N5O2S. The van der Waals surface area contributed by atoms with Crippen molar-refractivity contribution in [2.45, 2.75) is 51.6 Å². The first-order valence-electron chi connectivity index (χ1n) is 10.2. The monoisotopic (exact) mass is 397 g/mol. The molecule has 2 aliphatic rings. The summed E-state index contributed by atoms with van der Waals surface area (Å²) in [6.07, 6.45) is 9.21. The van der Waals surface area contributed by atoms with Crippen LogP contribution in [-0.2, 0) is 23.6 Å². The van der Waals surface area contributed by atoms with Crippen LogP contribution in [0.4, 0.5) is 0 Å². The lowest BCUT2D eigenvalue weighted by atomic mass is 10.0. The van der Waals surface area contributed by atoms with Crippen LogP contribution in [0.15, 0.2) is 6.20 Å². The molecule has 3 heterocycles. The molecule has 2 saturated heterocycles. The molecule has 7 nitrogen and oxygen atoms in total. The lowest BCUT2D eigenvalue weighted by Gasteiger charge is -2.39. The van der Waals surface area contributed by atoms with E-state index in [-0.39, 0.29) is 6.04 Å². The van der Waals surface area contributed by atoms with Gasteiger partial charge in [0.1, 0.15) is 0 Å². The Hall–Kier alpha value is -0.960. The highest BCUT2D eigenvalue weighted by molar-refractivity contribution is 7.88. The highest BCUT2D eigenvalue weighted by Gasteiger charge is 2.31. The van der Waals surface area contributed by atoms with E-state index < -0.39 is 10.0 Å². The lowest BCUT2D eigenvalue weighted by molar-refractivity contribution is 0.130. The molecule has 154 valence electrons. The fraction of sp³-hybridized carbons (Fsp3) is 0.842. The van der Waals surface area contributed by atoms with E-state index in [9.17, 15) is 8.42 Å². The molecule has 1 aromatic rings. The minimum absolute atomic E-state index is 0.0792.